The molecule has 1 aliphatic rings. The Bertz CT molecular complexity index is 260. The van der Waals surface area contributed by atoms with Crippen LogP contribution in [-0.4, -0.2) is 41.5 Å². The number of nitrogens with one attached hydrogen (secondary N) is 1. The number of nitrogens with two attached hydrogens (primary N) is 1. The fourth-order valence-corrected chi connectivity index (χ4v) is 2.41. The topological polar surface area (TPSA) is 58.4 Å². The van der Waals surface area contributed by atoms with Crippen molar-refractivity contribution in [2.75, 3.05) is 13.1 Å². The second-order valence-corrected chi connectivity index (χ2v) is 6.04. The normalized spacial score (nSPS) is 24.4. The molecule has 17 heavy (non-hydrogen) atoms. The van der Waals surface area contributed by atoms with Crippen molar-refractivity contribution in [3.63, 3.8) is 0 Å². The third-order valence-corrected chi connectivity index (χ3v) is 3.32. The number of carbonyl (C=O) groups is 1. The van der Waals surface area contributed by atoms with Crippen LogP contribution in [0.4, 0.5) is 0 Å². The van der Waals surface area contributed by atoms with Gasteiger partial charge in [0, 0.05) is 18.1 Å². The first-order chi connectivity index (χ1) is 7.85. The van der Waals surface area contributed by atoms with Gasteiger partial charge in [-0.25, -0.2) is 0 Å². The highest BCUT2D eigenvalue weighted by molar-refractivity contribution is 5.82. The average molecular weight is 241 g/mol. The molecule has 100 valence electrons. The van der Waals surface area contributed by atoms with Gasteiger partial charge < -0.3 is 11.1 Å². The summed E-state index contributed by atoms with van der Waals surface area (Å²) in [6.45, 7) is 9.64. The summed E-state index contributed by atoms with van der Waals surface area (Å²) in [5.74, 6) is 0.109. The Labute approximate surface area is 105 Å². The molecule has 0 aromatic carbocycles. The van der Waals surface area contributed by atoms with Crippen molar-refractivity contribution in [2.24, 2.45) is 5.73 Å². The van der Waals surface area contributed by atoms with E-state index >= 15 is 0 Å². The molecular formula is C13H27N3O. The number of amides is 1. The van der Waals surface area contributed by atoms with Gasteiger partial charge in [0.1, 0.15) is 0 Å². The summed E-state index contributed by atoms with van der Waals surface area (Å²) in [7, 11) is 0. The second kappa shape index (κ2) is 5.83. The fourth-order valence-electron chi connectivity index (χ4n) is 2.41. The molecule has 4 heteroatoms. The van der Waals surface area contributed by atoms with Gasteiger partial charge in [-0.05, 0) is 47.1 Å². The Balaban J connectivity index is 2.60. The highest BCUT2D eigenvalue weighted by Gasteiger charge is 2.30. The third-order valence-electron chi connectivity index (χ3n) is 3.32. The highest BCUT2D eigenvalue weighted by Crippen LogP contribution is 2.19. The van der Waals surface area contributed by atoms with Crippen LogP contribution >= 0.6 is 0 Å². The van der Waals surface area contributed by atoms with E-state index < -0.39 is 0 Å². The van der Waals surface area contributed by atoms with Crippen LogP contribution in [0, 0.1) is 0 Å². The summed E-state index contributed by atoms with van der Waals surface area (Å²) < 4.78 is 0. The van der Waals surface area contributed by atoms with Crippen LogP contribution in [0.5, 0.6) is 0 Å². The van der Waals surface area contributed by atoms with E-state index in [4.69, 9.17) is 5.73 Å². The number of likely N-dealkylation sites (tertiary alicyclic amines) is 1. The quantitative estimate of drug-likeness (QED) is 0.778. The lowest BCUT2D eigenvalue weighted by molar-refractivity contribution is -0.128. The van der Waals surface area contributed by atoms with Crippen molar-refractivity contribution < 1.29 is 4.79 Å². The lowest BCUT2D eigenvalue weighted by atomic mass is 9.99. The molecule has 2 unspecified atom stereocenters. The number of piperidine rings is 1. The molecule has 2 atom stereocenters. The molecule has 1 rings (SSSR count). The summed E-state index contributed by atoms with van der Waals surface area (Å²) in [5, 5.41) is 3.04. The molecule has 0 aromatic rings. The molecule has 1 saturated heterocycles. The molecule has 0 aliphatic carbocycles. The molecule has 1 heterocycles. The molecular weight excluding hydrogens is 214 g/mol. The first kappa shape index (κ1) is 14.5. The summed E-state index contributed by atoms with van der Waals surface area (Å²) in [5.41, 5.74) is 5.62. The third kappa shape index (κ3) is 4.28. The maximum atomic E-state index is 12.1. The van der Waals surface area contributed by atoms with Crippen molar-refractivity contribution in [3.05, 3.63) is 0 Å². The van der Waals surface area contributed by atoms with Crippen LogP contribution < -0.4 is 11.1 Å². The van der Waals surface area contributed by atoms with Gasteiger partial charge >= 0.3 is 0 Å². The van der Waals surface area contributed by atoms with E-state index in [0.717, 1.165) is 13.0 Å². The first-order valence-corrected chi connectivity index (χ1v) is 6.63. The molecule has 1 amide bonds. The second-order valence-electron chi connectivity index (χ2n) is 6.04. The van der Waals surface area contributed by atoms with Gasteiger partial charge in [0.05, 0.1) is 6.04 Å². The fraction of sp³-hybridized carbons (Fsp3) is 0.923. The summed E-state index contributed by atoms with van der Waals surface area (Å²) >= 11 is 0. The van der Waals surface area contributed by atoms with Gasteiger partial charge in [-0.1, -0.05) is 6.42 Å². The summed E-state index contributed by atoms with van der Waals surface area (Å²) in [6, 6.07) is 0.285. The molecule has 0 spiro atoms. The van der Waals surface area contributed by atoms with E-state index in [2.05, 4.69) is 10.2 Å². The molecule has 1 aliphatic heterocycles. The number of carbonyl (C=O) groups excluding carboxylic acids is 1. The molecule has 0 radical (unpaired) electrons. The van der Waals surface area contributed by atoms with E-state index in [1.165, 1.54) is 12.8 Å². The average Bonchev–Trinajstić information content (AvgIpc) is 2.25. The van der Waals surface area contributed by atoms with Crippen molar-refractivity contribution >= 4 is 5.91 Å². The van der Waals surface area contributed by atoms with Gasteiger partial charge in [-0.3, -0.25) is 9.69 Å². The van der Waals surface area contributed by atoms with Gasteiger partial charge in [0.15, 0.2) is 0 Å². The minimum Gasteiger partial charge on any atom is -0.350 e. The summed E-state index contributed by atoms with van der Waals surface area (Å²) in [6.07, 6.45) is 3.51. The van der Waals surface area contributed by atoms with Crippen molar-refractivity contribution in [1.82, 2.24) is 10.2 Å². The maximum absolute atomic E-state index is 12.1. The molecule has 0 bridgehead atoms. The number of rotatable bonds is 3. The molecule has 1 fully saturated rings. The predicted octanol–water partition coefficient (Wildman–Crippen LogP) is 1.10. The first-order valence-electron chi connectivity index (χ1n) is 6.63. The molecule has 0 aromatic heterocycles. The van der Waals surface area contributed by atoms with Crippen LogP contribution in [-0.2, 0) is 4.79 Å². The van der Waals surface area contributed by atoms with E-state index in [0.29, 0.717) is 12.6 Å². The Morgan fingerprint density at radius 3 is 2.65 bits per heavy atom. The monoisotopic (exact) mass is 241 g/mol. The van der Waals surface area contributed by atoms with Gasteiger partial charge in [-0.15, -0.1) is 0 Å². The van der Waals surface area contributed by atoms with E-state index in [1.54, 1.807) is 0 Å². The Morgan fingerprint density at radius 1 is 1.47 bits per heavy atom. The number of hydrogen-bond donors (Lipinski definition) is 2. The van der Waals surface area contributed by atoms with E-state index in [-0.39, 0.29) is 17.5 Å². The van der Waals surface area contributed by atoms with Crippen LogP contribution in [0.3, 0.4) is 0 Å². The van der Waals surface area contributed by atoms with E-state index in [1.807, 2.05) is 27.7 Å². The lowest BCUT2D eigenvalue weighted by Gasteiger charge is -2.39. The largest absolute Gasteiger partial charge is 0.350 e. The van der Waals surface area contributed by atoms with E-state index in [9.17, 15) is 4.79 Å². The van der Waals surface area contributed by atoms with Crippen molar-refractivity contribution in [3.8, 4) is 0 Å². The van der Waals surface area contributed by atoms with Gasteiger partial charge in [-0.2, -0.15) is 0 Å². The zero-order valence-electron chi connectivity index (χ0n) is 11.6. The van der Waals surface area contributed by atoms with Gasteiger partial charge in [0.25, 0.3) is 0 Å². The zero-order valence-corrected chi connectivity index (χ0v) is 11.6. The smallest absolute Gasteiger partial charge is 0.237 e. The van der Waals surface area contributed by atoms with Gasteiger partial charge in [0.2, 0.25) is 5.91 Å². The number of hydrogen-bond acceptors (Lipinski definition) is 3. The molecule has 4 nitrogen and oxygen atoms in total. The Hall–Kier alpha value is -0.610. The minimum absolute atomic E-state index is 0.0805. The van der Waals surface area contributed by atoms with Crippen LogP contribution in [0.1, 0.15) is 47.0 Å². The lowest BCUT2D eigenvalue weighted by Crippen LogP contribution is -2.56. The zero-order chi connectivity index (χ0) is 13.1. The van der Waals surface area contributed by atoms with Crippen molar-refractivity contribution in [1.29, 1.82) is 0 Å². The Morgan fingerprint density at radius 2 is 2.12 bits per heavy atom. The molecule has 0 saturated carbocycles. The SMILES string of the molecule is CC(C(=O)NC(C)(C)C)N1CCCCC1CN. The van der Waals surface area contributed by atoms with Crippen molar-refractivity contribution in [2.45, 2.75) is 64.6 Å². The maximum Gasteiger partial charge on any atom is 0.237 e. The van der Waals surface area contributed by atoms with Crippen LogP contribution in [0.2, 0.25) is 0 Å². The Kier molecular flexibility index (Phi) is 4.95. The standard InChI is InChI=1S/C13H27N3O/c1-10(12(17)15-13(2,3)4)16-8-6-5-7-11(16)9-14/h10-11H,5-9,14H2,1-4H3,(H,15,17). The summed E-state index contributed by atoms with van der Waals surface area (Å²) in [4.78, 5) is 14.4. The minimum atomic E-state index is -0.167. The van der Waals surface area contributed by atoms with Crippen LogP contribution in [0.15, 0.2) is 0 Å². The number of nitrogens with zero attached hydrogens (tertiary/aromatic N) is 1. The molecule has 3 N–H and O–H groups in total. The van der Waals surface area contributed by atoms with Crippen LogP contribution in [0.25, 0.3) is 0 Å². The highest BCUT2D eigenvalue weighted by atomic mass is 16.2. The predicted molar refractivity (Wildman–Crippen MR) is 70.8 cm³/mol.